The van der Waals surface area contributed by atoms with Gasteiger partial charge in [-0.15, -0.1) is 0 Å². The van der Waals surface area contributed by atoms with Crippen LogP contribution in [0.1, 0.15) is 27.9 Å². The van der Waals surface area contributed by atoms with Crippen LogP contribution in [0.4, 0.5) is 4.39 Å². The Kier molecular flexibility index (Phi) is 6.54. The van der Waals surface area contributed by atoms with Crippen LogP contribution in [0.15, 0.2) is 48.5 Å². The van der Waals surface area contributed by atoms with E-state index in [-0.39, 0.29) is 18.0 Å². The van der Waals surface area contributed by atoms with E-state index in [0.717, 1.165) is 38.5 Å². The lowest BCUT2D eigenvalue weighted by Gasteiger charge is -2.28. The maximum Gasteiger partial charge on any atom is 0.251 e. The van der Waals surface area contributed by atoms with E-state index in [0.29, 0.717) is 6.54 Å². The number of hydrogen-bond acceptors (Lipinski definition) is 3. The van der Waals surface area contributed by atoms with E-state index in [2.05, 4.69) is 39.8 Å². The first-order chi connectivity index (χ1) is 13.1. The maximum atomic E-state index is 13.1. The highest BCUT2D eigenvalue weighted by Crippen LogP contribution is 2.18. The summed E-state index contributed by atoms with van der Waals surface area (Å²) in [7, 11) is 0. The number of nitrogens with zero attached hydrogens (tertiary/aromatic N) is 1. The molecule has 0 spiro atoms. The smallest absolute Gasteiger partial charge is 0.251 e. The van der Waals surface area contributed by atoms with Gasteiger partial charge >= 0.3 is 0 Å². The van der Waals surface area contributed by atoms with E-state index in [1.54, 1.807) is 0 Å². The molecule has 0 atom stereocenters. The molecular formula is C21H24FN3O2. The van der Waals surface area contributed by atoms with Gasteiger partial charge in [0.25, 0.3) is 5.91 Å². The predicted molar refractivity (Wildman–Crippen MR) is 102 cm³/mol. The quantitative estimate of drug-likeness (QED) is 0.735. The third kappa shape index (κ3) is 5.62. The van der Waals surface area contributed by atoms with Crippen molar-refractivity contribution in [1.82, 2.24) is 15.5 Å². The third-order valence-corrected chi connectivity index (χ3v) is 4.68. The second kappa shape index (κ2) is 9.28. The molecule has 2 aromatic carbocycles. The number of rotatable bonds is 7. The number of carbonyl (C=O) groups excluding carboxylic acids is 2. The molecule has 0 unspecified atom stereocenters. The van der Waals surface area contributed by atoms with E-state index < -0.39 is 11.7 Å². The third-order valence-electron chi connectivity index (χ3n) is 4.68. The molecule has 0 aromatic heterocycles. The summed E-state index contributed by atoms with van der Waals surface area (Å²) >= 11 is 0. The molecule has 27 heavy (non-hydrogen) atoms. The Morgan fingerprint density at radius 1 is 1.04 bits per heavy atom. The minimum Gasteiger partial charge on any atom is -0.355 e. The highest BCUT2D eigenvalue weighted by Gasteiger charge is 2.15. The fourth-order valence-corrected chi connectivity index (χ4v) is 3.23. The van der Waals surface area contributed by atoms with Crippen molar-refractivity contribution >= 4 is 11.8 Å². The number of nitrogens with one attached hydrogen (secondary N) is 2. The van der Waals surface area contributed by atoms with Crippen LogP contribution in [0.25, 0.3) is 0 Å². The fraction of sp³-hybridized carbons (Fsp3) is 0.333. The number of carbonyl (C=O) groups is 2. The molecule has 5 nitrogen and oxygen atoms in total. The molecule has 1 aliphatic rings. The van der Waals surface area contributed by atoms with Gasteiger partial charge in [0.05, 0.1) is 6.54 Å². The van der Waals surface area contributed by atoms with E-state index in [1.165, 1.54) is 29.3 Å². The van der Waals surface area contributed by atoms with E-state index >= 15 is 0 Å². The number of fused-ring (bicyclic) bond motifs is 1. The minimum absolute atomic E-state index is 0.119. The molecule has 2 aromatic rings. The Bertz CT molecular complexity index is 810. The SMILES string of the molecule is O=C(CNC(=O)c1cccc(F)c1)NCCCN1CCc2ccccc2C1. The van der Waals surface area contributed by atoms with Crippen LogP contribution < -0.4 is 10.6 Å². The van der Waals surface area contributed by atoms with Crippen molar-refractivity contribution in [3.63, 3.8) is 0 Å². The Morgan fingerprint density at radius 2 is 1.85 bits per heavy atom. The van der Waals surface area contributed by atoms with Crippen LogP contribution >= 0.6 is 0 Å². The molecule has 6 heteroatoms. The van der Waals surface area contributed by atoms with Crippen LogP contribution in [-0.4, -0.2) is 42.9 Å². The summed E-state index contributed by atoms with van der Waals surface area (Å²) < 4.78 is 13.1. The summed E-state index contributed by atoms with van der Waals surface area (Å²) in [6.07, 6.45) is 1.92. The first-order valence-corrected chi connectivity index (χ1v) is 9.21. The highest BCUT2D eigenvalue weighted by molar-refractivity contribution is 5.96. The second-order valence-electron chi connectivity index (χ2n) is 6.69. The molecule has 1 heterocycles. The van der Waals surface area contributed by atoms with Gasteiger partial charge in [-0.25, -0.2) is 4.39 Å². The Labute approximate surface area is 158 Å². The zero-order chi connectivity index (χ0) is 19.1. The average Bonchev–Trinajstić information content (AvgIpc) is 2.69. The van der Waals surface area contributed by atoms with Gasteiger partial charge in [-0.1, -0.05) is 30.3 Å². The van der Waals surface area contributed by atoms with E-state index in [1.807, 2.05) is 0 Å². The van der Waals surface area contributed by atoms with Crippen molar-refractivity contribution in [2.24, 2.45) is 0 Å². The lowest BCUT2D eigenvalue weighted by molar-refractivity contribution is -0.120. The number of halogens is 1. The molecule has 1 aliphatic heterocycles. The number of benzene rings is 2. The normalized spacial score (nSPS) is 13.7. The summed E-state index contributed by atoms with van der Waals surface area (Å²) in [5, 5.41) is 5.30. The lowest BCUT2D eigenvalue weighted by atomic mass is 10.00. The van der Waals surface area contributed by atoms with Crippen molar-refractivity contribution in [3.05, 3.63) is 71.0 Å². The molecule has 142 valence electrons. The first kappa shape index (κ1) is 19.0. The molecule has 0 saturated heterocycles. The highest BCUT2D eigenvalue weighted by atomic mass is 19.1. The van der Waals surface area contributed by atoms with Gasteiger partial charge in [0.15, 0.2) is 0 Å². The summed E-state index contributed by atoms with van der Waals surface area (Å²) in [6, 6.07) is 13.9. The summed E-state index contributed by atoms with van der Waals surface area (Å²) in [4.78, 5) is 26.1. The van der Waals surface area contributed by atoms with Gasteiger partial charge in [-0.05, 0) is 42.2 Å². The maximum absolute atomic E-state index is 13.1. The molecule has 2 amide bonds. The predicted octanol–water partition coefficient (Wildman–Crippen LogP) is 2.12. The van der Waals surface area contributed by atoms with Crippen LogP contribution in [-0.2, 0) is 17.8 Å². The molecule has 0 radical (unpaired) electrons. The van der Waals surface area contributed by atoms with Crippen molar-refractivity contribution in [2.45, 2.75) is 19.4 Å². The molecule has 0 saturated carbocycles. The van der Waals surface area contributed by atoms with Crippen LogP contribution in [0.2, 0.25) is 0 Å². The molecule has 2 N–H and O–H groups in total. The molecule has 0 fully saturated rings. The second-order valence-corrected chi connectivity index (χ2v) is 6.69. The van der Waals surface area contributed by atoms with Crippen LogP contribution in [0.3, 0.4) is 0 Å². The van der Waals surface area contributed by atoms with Gasteiger partial charge in [-0.2, -0.15) is 0 Å². The Balaban J connectivity index is 1.31. The number of hydrogen-bond donors (Lipinski definition) is 2. The average molecular weight is 369 g/mol. The van der Waals surface area contributed by atoms with Gasteiger partial charge in [0.2, 0.25) is 5.91 Å². The molecular weight excluding hydrogens is 345 g/mol. The van der Waals surface area contributed by atoms with Crippen LogP contribution in [0.5, 0.6) is 0 Å². The topological polar surface area (TPSA) is 61.4 Å². The summed E-state index contributed by atoms with van der Waals surface area (Å²) in [5.74, 6) is -1.19. The standard InChI is InChI=1S/C21H24FN3O2/c22-19-8-3-7-17(13-19)21(27)24-14-20(26)23-10-4-11-25-12-9-16-5-1-2-6-18(16)15-25/h1-3,5-8,13H,4,9-12,14-15H2,(H,23,26)(H,24,27). The van der Waals surface area contributed by atoms with Crippen molar-refractivity contribution < 1.29 is 14.0 Å². The molecule has 3 rings (SSSR count). The van der Waals surface area contributed by atoms with E-state index in [4.69, 9.17) is 0 Å². The largest absolute Gasteiger partial charge is 0.355 e. The van der Waals surface area contributed by atoms with Crippen LogP contribution in [0, 0.1) is 5.82 Å². The minimum atomic E-state index is -0.479. The zero-order valence-corrected chi connectivity index (χ0v) is 15.2. The fourth-order valence-electron chi connectivity index (χ4n) is 3.23. The van der Waals surface area contributed by atoms with Crippen molar-refractivity contribution in [1.29, 1.82) is 0 Å². The Morgan fingerprint density at radius 3 is 2.67 bits per heavy atom. The molecule has 0 aliphatic carbocycles. The summed E-state index contributed by atoms with van der Waals surface area (Å²) in [5.41, 5.74) is 3.01. The van der Waals surface area contributed by atoms with Crippen molar-refractivity contribution in [3.8, 4) is 0 Å². The lowest BCUT2D eigenvalue weighted by Crippen LogP contribution is -2.38. The number of amides is 2. The summed E-state index contributed by atoms with van der Waals surface area (Å²) in [6.45, 7) is 3.35. The Hall–Kier alpha value is -2.73. The molecule has 0 bridgehead atoms. The van der Waals surface area contributed by atoms with Gasteiger partial charge < -0.3 is 10.6 Å². The monoisotopic (exact) mass is 369 g/mol. The zero-order valence-electron chi connectivity index (χ0n) is 15.2. The van der Waals surface area contributed by atoms with Gasteiger partial charge in [-0.3, -0.25) is 14.5 Å². The van der Waals surface area contributed by atoms with E-state index in [9.17, 15) is 14.0 Å². The van der Waals surface area contributed by atoms with Gasteiger partial charge in [0.1, 0.15) is 5.82 Å². The van der Waals surface area contributed by atoms with Crippen molar-refractivity contribution in [2.75, 3.05) is 26.2 Å². The first-order valence-electron chi connectivity index (χ1n) is 9.21. The van der Waals surface area contributed by atoms with Gasteiger partial charge in [0, 0.05) is 31.7 Å².